The van der Waals surface area contributed by atoms with Gasteiger partial charge in [0.05, 0.1) is 5.69 Å². The van der Waals surface area contributed by atoms with Crippen LogP contribution >= 0.6 is 0 Å². The number of nitrogens with zero attached hydrogens (tertiary/aromatic N) is 2. The van der Waals surface area contributed by atoms with Crippen molar-refractivity contribution in [1.29, 1.82) is 0 Å². The summed E-state index contributed by atoms with van der Waals surface area (Å²) in [6.45, 7) is 0. The number of H-pyrrole nitrogens is 1. The first kappa shape index (κ1) is 11.0. The van der Waals surface area contributed by atoms with Gasteiger partial charge < -0.3 is 4.98 Å². The van der Waals surface area contributed by atoms with Crippen LogP contribution in [0.4, 0.5) is 0 Å². The van der Waals surface area contributed by atoms with E-state index in [9.17, 15) is 4.79 Å². The number of rotatable bonds is 1. The van der Waals surface area contributed by atoms with Gasteiger partial charge in [0.1, 0.15) is 5.65 Å². The Hall–Kier alpha value is -2.88. The lowest BCUT2D eigenvalue weighted by molar-refractivity contribution is 0.903. The van der Waals surface area contributed by atoms with Crippen LogP contribution in [0.3, 0.4) is 0 Å². The molecule has 0 saturated heterocycles. The Morgan fingerprint density at radius 2 is 1.85 bits per heavy atom. The molecule has 0 aliphatic heterocycles. The molecule has 0 radical (unpaired) electrons. The van der Waals surface area contributed by atoms with Gasteiger partial charge in [-0.1, -0.05) is 42.5 Å². The summed E-state index contributed by atoms with van der Waals surface area (Å²) in [6.07, 6.45) is 1.63. The summed E-state index contributed by atoms with van der Waals surface area (Å²) in [7, 11) is 0. The maximum absolute atomic E-state index is 11.8. The number of benzene rings is 2. The second kappa shape index (κ2) is 4.06. The predicted octanol–water partition coefficient (Wildman–Crippen LogP) is 2.84. The fourth-order valence-corrected chi connectivity index (χ4v) is 2.50. The average molecular weight is 261 g/mol. The van der Waals surface area contributed by atoms with Crippen molar-refractivity contribution in [3.8, 4) is 11.3 Å². The Kier molecular flexibility index (Phi) is 2.23. The SMILES string of the molecule is O=c1cc[nH]c2cc(-c3cccc4ccccc34)nn12. The van der Waals surface area contributed by atoms with Crippen molar-refractivity contribution in [2.45, 2.75) is 0 Å². The molecule has 96 valence electrons. The van der Waals surface area contributed by atoms with Gasteiger partial charge in [-0.05, 0) is 10.8 Å². The molecule has 4 aromatic rings. The monoisotopic (exact) mass is 261 g/mol. The van der Waals surface area contributed by atoms with Gasteiger partial charge >= 0.3 is 0 Å². The molecule has 0 amide bonds. The minimum Gasteiger partial charge on any atom is -0.346 e. The number of aromatic nitrogens is 3. The van der Waals surface area contributed by atoms with Crippen molar-refractivity contribution in [3.63, 3.8) is 0 Å². The van der Waals surface area contributed by atoms with Gasteiger partial charge in [0, 0.05) is 23.9 Å². The number of fused-ring (bicyclic) bond motifs is 2. The molecule has 20 heavy (non-hydrogen) atoms. The van der Waals surface area contributed by atoms with Crippen LogP contribution in [-0.2, 0) is 0 Å². The van der Waals surface area contributed by atoms with Crippen LogP contribution in [-0.4, -0.2) is 14.6 Å². The summed E-state index contributed by atoms with van der Waals surface area (Å²) < 4.78 is 1.39. The lowest BCUT2D eigenvalue weighted by atomic mass is 10.0. The first-order valence-electron chi connectivity index (χ1n) is 6.38. The maximum atomic E-state index is 11.8. The molecule has 0 saturated carbocycles. The maximum Gasteiger partial charge on any atom is 0.274 e. The molecule has 0 unspecified atom stereocenters. The summed E-state index contributed by atoms with van der Waals surface area (Å²) in [4.78, 5) is 14.8. The van der Waals surface area contributed by atoms with Gasteiger partial charge in [-0.15, -0.1) is 0 Å². The zero-order valence-electron chi connectivity index (χ0n) is 10.6. The minimum absolute atomic E-state index is 0.134. The molecule has 0 bridgehead atoms. The Labute approximate surface area is 114 Å². The normalized spacial score (nSPS) is 11.2. The number of nitrogens with one attached hydrogen (secondary N) is 1. The molecule has 2 heterocycles. The molecular weight excluding hydrogens is 250 g/mol. The summed E-state index contributed by atoms with van der Waals surface area (Å²) in [5.41, 5.74) is 2.38. The molecule has 2 aromatic carbocycles. The van der Waals surface area contributed by atoms with E-state index in [0.717, 1.165) is 22.0 Å². The second-order valence-electron chi connectivity index (χ2n) is 4.67. The highest BCUT2D eigenvalue weighted by Crippen LogP contribution is 2.27. The van der Waals surface area contributed by atoms with E-state index < -0.39 is 0 Å². The highest BCUT2D eigenvalue weighted by atomic mass is 16.1. The van der Waals surface area contributed by atoms with E-state index in [2.05, 4.69) is 28.3 Å². The van der Waals surface area contributed by atoms with Gasteiger partial charge in [-0.2, -0.15) is 9.61 Å². The van der Waals surface area contributed by atoms with E-state index in [4.69, 9.17) is 0 Å². The third kappa shape index (κ3) is 1.55. The van der Waals surface area contributed by atoms with Gasteiger partial charge in [-0.3, -0.25) is 4.79 Å². The van der Waals surface area contributed by atoms with Crippen molar-refractivity contribution in [2.75, 3.05) is 0 Å². The van der Waals surface area contributed by atoms with Crippen molar-refractivity contribution in [2.24, 2.45) is 0 Å². The largest absolute Gasteiger partial charge is 0.346 e. The topological polar surface area (TPSA) is 50.2 Å². The van der Waals surface area contributed by atoms with Crippen molar-refractivity contribution in [1.82, 2.24) is 14.6 Å². The van der Waals surface area contributed by atoms with E-state index in [1.54, 1.807) is 6.20 Å². The molecule has 4 nitrogen and oxygen atoms in total. The fraction of sp³-hybridized carbons (Fsp3) is 0. The van der Waals surface area contributed by atoms with Crippen molar-refractivity contribution >= 4 is 16.4 Å². The highest BCUT2D eigenvalue weighted by Gasteiger charge is 2.09. The van der Waals surface area contributed by atoms with Crippen LogP contribution < -0.4 is 5.56 Å². The average Bonchev–Trinajstić information content (AvgIpc) is 2.92. The van der Waals surface area contributed by atoms with Crippen molar-refractivity contribution in [3.05, 3.63) is 71.1 Å². The number of hydrogen-bond acceptors (Lipinski definition) is 2. The second-order valence-corrected chi connectivity index (χ2v) is 4.67. The van der Waals surface area contributed by atoms with E-state index in [0.29, 0.717) is 5.65 Å². The van der Waals surface area contributed by atoms with Crippen LogP contribution in [0.1, 0.15) is 0 Å². The van der Waals surface area contributed by atoms with Crippen LogP contribution in [0.5, 0.6) is 0 Å². The molecule has 0 atom stereocenters. The molecule has 1 N–H and O–H groups in total. The zero-order valence-corrected chi connectivity index (χ0v) is 10.6. The first-order valence-corrected chi connectivity index (χ1v) is 6.38. The Balaban J connectivity index is 2.06. The highest BCUT2D eigenvalue weighted by molar-refractivity contribution is 5.96. The lowest BCUT2D eigenvalue weighted by Crippen LogP contribution is -2.12. The summed E-state index contributed by atoms with van der Waals surface area (Å²) in [5.74, 6) is 0. The zero-order chi connectivity index (χ0) is 13.5. The molecule has 4 heteroatoms. The summed E-state index contributed by atoms with van der Waals surface area (Å²) in [5, 5.41) is 6.70. The standard InChI is InChI=1S/C16H11N3O/c20-16-8-9-17-15-10-14(18-19(15)16)13-7-3-5-11-4-1-2-6-12(11)13/h1-10,17H. The third-order valence-electron chi connectivity index (χ3n) is 3.44. The summed E-state index contributed by atoms with van der Waals surface area (Å²) in [6, 6.07) is 17.6. The molecule has 2 aromatic heterocycles. The third-order valence-corrected chi connectivity index (χ3v) is 3.44. The number of aromatic amines is 1. The van der Waals surface area contributed by atoms with Gasteiger partial charge in [0.25, 0.3) is 5.56 Å². The lowest BCUT2D eigenvalue weighted by Gasteiger charge is -2.02. The first-order chi connectivity index (χ1) is 9.83. The minimum atomic E-state index is -0.134. The van der Waals surface area contributed by atoms with E-state index in [-0.39, 0.29) is 5.56 Å². The predicted molar refractivity (Wildman–Crippen MR) is 78.8 cm³/mol. The quantitative estimate of drug-likeness (QED) is 0.573. The van der Waals surface area contributed by atoms with E-state index >= 15 is 0 Å². The molecule has 0 fully saturated rings. The Morgan fingerprint density at radius 3 is 2.75 bits per heavy atom. The van der Waals surface area contributed by atoms with Gasteiger partial charge in [0.15, 0.2) is 0 Å². The number of hydrogen-bond donors (Lipinski definition) is 1. The van der Waals surface area contributed by atoms with E-state index in [1.807, 2.05) is 30.3 Å². The van der Waals surface area contributed by atoms with E-state index in [1.165, 1.54) is 10.6 Å². The Bertz CT molecular complexity index is 976. The fourth-order valence-electron chi connectivity index (χ4n) is 2.50. The van der Waals surface area contributed by atoms with Crippen LogP contribution in [0.2, 0.25) is 0 Å². The van der Waals surface area contributed by atoms with Crippen LogP contribution in [0, 0.1) is 0 Å². The molecule has 0 spiro atoms. The molecule has 4 rings (SSSR count). The van der Waals surface area contributed by atoms with Crippen molar-refractivity contribution < 1.29 is 0 Å². The molecular formula is C16H11N3O. The molecule has 0 aliphatic carbocycles. The van der Waals surface area contributed by atoms with Gasteiger partial charge in [0.2, 0.25) is 0 Å². The van der Waals surface area contributed by atoms with Crippen LogP contribution in [0.25, 0.3) is 27.7 Å². The van der Waals surface area contributed by atoms with Gasteiger partial charge in [-0.25, -0.2) is 0 Å². The molecule has 0 aliphatic rings. The summed E-state index contributed by atoms with van der Waals surface area (Å²) >= 11 is 0. The Morgan fingerprint density at radius 1 is 1.00 bits per heavy atom. The van der Waals surface area contributed by atoms with Crippen LogP contribution in [0.15, 0.2) is 65.6 Å². The smallest absolute Gasteiger partial charge is 0.274 e.